The number of nitrogens with one attached hydrogen (secondary N) is 2. The third kappa shape index (κ3) is 5.51. The fourth-order valence-corrected chi connectivity index (χ4v) is 4.09. The summed E-state index contributed by atoms with van der Waals surface area (Å²) in [5.74, 6) is -4.48. The Morgan fingerprint density at radius 1 is 1.16 bits per heavy atom. The Morgan fingerprint density at radius 2 is 1.88 bits per heavy atom. The van der Waals surface area contributed by atoms with E-state index in [4.69, 9.17) is 4.74 Å². The summed E-state index contributed by atoms with van der Waals surface area (Å²) in [6, 6.07) is 10.8. The van der Waals surface area contributed by atoms with Gasteiger partial charge in [-0.2, -0.15) is 13.9 Å². The van der Waals surface area contributed by atoms with Crippen LogP contribution in [0.15, 0.2) is 59.6 Å². The van der Waals surface area contributed by atoms with E-state index < -0.39 is 21.8 Å². The Bertz CT molecular complexity index is 1240. The number of amides is 1. The van der Waals surface area contributed by atoms with Crippen molar-refractivity contribution in [3.05, 3.63) is 60.4 Å². The third-order valence-electron chi connectivity index (χ3n) is 4.14. The van der Waals surface area contributed by atoms with Crippen molar-refractivity contribution < 1.29 is 31.5 Å². The van der Waals surface area contributed by atoms with Crippen molar-refractivity contribution in [2.24, 2.45) is 7.05 Å². The average molecular weight is 484 g/mol. The standard InChI is InChI=1S/C19H19F2N4O5PS/c1-25-14(9-10-22-25)18(26)23-12-7-8-17(16(11-12)29-2)32(27,28)24-13-5-3-4-6-15(13)30-19(20,21)31/h3-11,24H,31H2,1-2H3,(H,23,26). The summed E-state index contributed by atoms with van der Waals surface area (Å²) in [5, 5.41) is 6.54. The number of carbonyl (C=O) groups is 1. The molecule has 0 aliphatic rings. The molecule has 2 N–H and O–H groups in total. The fourth-order valence-electron chi connectivity index (χ4n) is 2.75. The maximum Gasteiger partial charge on any atom is 0.408 e. The summed E-state index contributed by atoms with van der Waals surface area (Å²) < 4.78 is 65.6. The number of aryl methyl sites for hydroxylation is 1. The number of aromatic nitrogens is 2. The number of hydrogen-bond donors (Lipinski definition) is 2. The summed E-state index contributed by atoms with van der Waals surface area (Å²) in [5.41, 5.74) is 0.383. The topological polar surface area (TPSA) is 112 Å². The summed E-state index contributed by atoms with van der Waals surface area (Å²) in [7, 11) is -0.191. The number of halogens is 2. The van der Waals surface area contributed by atoms with Crippen LogP contribution in [0.4, 0.5) is 20.2 Å². The van der Waals surface area contributed by atoms with E-state index in [0.29, 0.717) is 5.69 Å². The molecule has 1 amide bonds. The number of para-hydroxylation sites is 2. The highest BCUT2D eigenvalue weighted by atomic mass is 32.2. The van der Waals surface area contributed by atoms with Crippen LogP contribution in [0.5, 0.6) is 11.5 Å². The third-order valence-corrected chi connectivity index (χ3v) is 5.66. The molecule has 2 aromatic carbocycles. The number of methoxy groups -OCH3 is 1. The quantitative estimate of drug-likeness (QED) is 0.475. The molecule has 0 bridgehead atoms. The zero-order chi connectivity index (χ0) is 23.5. The van der Waals surface area contributed by atoms with Gasteiger partial charge in [-0.1, -0.05) is 12.1 Å². The smallest absolute Gasteiger partial charge is 0.408 e. The molecule has 32 heavy (non-hydrogen) atoms. The van der Waals surface area contributed by atoms with Gasteiger partial charge in [0.25, 0.3) is 15.9 Å². The summed E-state index contributed by atoms with van der Waals surface area (Å²) in [4.78, 5) is 12.1. The molecule has 9 nitrogen and oxygen atoms in total. The van der Waals surface area contributed by atoms with Crippen molar-refractivity contribution in [3.63, 3.8) is 0 Å². The Kier molecular flexibility index (Phi) is 6.65. The number of nitrogens with zero attached hydrogens (tertiary/aromatic N) is 2. The van der Waals surface area contributed by atoms with Crippen LogP contribution in [0.1, 0.15) is 10.5 Å². The van der Waals surface area contributed by atoms with Crippen LogP contribution < -0.4 is 19.5 Å². The van der Waals surface area contributed by atoms with Crippen LogP contribution in [0.2, 0.25) is 0 Å². The second-order valence-corrected chi connectivity index (χ2v) is 8.75. The minimum absolute atomic E-state index is 0.0740. The number of ether oxygens (including phenoxy) is 2. The summed E-state index contributed by atoms with van der Waals surface area (Å²) in [6.07, 6.45) is 1.46. The minimum Gasteiger partial charge on any atom is -0.495 e. The Balaban J connectivity index is 1.87. The lowest BCUT2D eigenvalue weighted by Crippen LogP contribution is -2.19. The molecule has 0 spiro atoms. The van der Waals surface area contributed by atoms with E-state index in [0.717, 1.165) is 0 Å². The van der Waals surface area contributed by atoms with Crippen molar-refractivity contribution in [1.82, 2.24) is 9.78 Å². The highest BCUT2D eigenvalue weighted by molar-refractivity contribution is 7.92. The summed E-state index contributed by atoms with van der Waals surface area (Å²) in [6.45, 7) is 0. The predicted octanol–water partition coefficient (Wildman–Crippen LogP) is 3.29. The van der Waals surface area contributed by atoms with E-state index in [1.165, 1.54) is 75.8 Å². The second-order valence-electron chi connectivity index (χ2n) is 6.43. The van der Waals surface area contributed by atoms with Gasteiger partial charge >= 0.3 is 5.85 Å². The number of alkyl halides is 2. The molecule has 1 atom stereocenters. The van der Waals surface area contributed by atoms with Crippen LogP contribution in [-0.4, -0.2) is 37.1 Å². The molecule has 0 aliphatic heterocycles. The van der Waals surface area contributed by atoms with Gasteiger partial charge in [0.1, 0.15) is 16.3 Å². The predicted molar refractivity (Wildman–Crippen MR) is 117 cm³/mol. The Labute approximate surface area is 185 Å². The van der Waals surface area contributed by atoms with Gasteiger partial charge in [-0.25, -0.2) is 8.42 Å². The molecule has 3 aromatic rings. The molecule has 1 unspecified atom stereocenters. The molecule has 0 saturated heterocycles. The van der Waals surface area contributed by atoms with Crippen molar-refractivity contribution in [2.75, 3.05) is 17.1 Å². The maximum atomic E-state index is 13.2. The first-order chi connectivity index (χ1) is 15.0. The average Bonchev–Trinajstić information content (AvgIpc) is 3.14. The molecule has 0 saturated carbocycles. The lowest BCUT2D eigenvalue weighted by Gasteiger charge is -2.18. The van der Waals surface area contributed by atoms with Crippen molar-refractivity contribution in [2.45, 2.75) is 10.7 Å². The van der Waals surface area contributed by atoms with Crippen molar-refractivity contribution >= 4 is 36.5 Å². The van der Waals surface area contributed by atoms with Crippen LogP contribution in [-0.2, 0) is 17.1 Å². The maximum absolute atomic E-state index is 13.2. The SMILES string of the molecule is COc1cc(NC(=O)c2ccnn2C)ccc1S(=O)(=O)Nc1ccccc1OC(F)(F)P. The van der Waals surface area contributed by atoms with Gasteiger partial charge in [0.15, 0.2) is 5.75 Å². The van der Waals surface area contributed by atoms with E-state index in [-0.39, 0.29) is 27.8 Å². The second kappa shape index (κ2) is 9.09. The van der Waals surface area contributed by atoms with Gasteiger partial charge in [-0.3, -0.25) is 14.2 Å². The molecule has 13 heteroatoms. The highest BCUT2D eigenvalue weighted by Crippen LogP contribution is 2.35. The fraction of sp³-hybridized carbons (Fsp3) is 0.158. The van der Waals surface area contributed by atoms with Crippen molar-refractivity contribution in [1.29, 1.82) is 0 Å². The van der Waals surface area contributed by atoms with E-state index in [1.807, 2.05) is 0 Å². The van der Waals surface area contributed by atoms with Crippen LogP contribution in [0.25, 0.3) is 0 Å². The molecule has 1 aromatic heterocycles. The van der Waals surface area contributed by atoms with Gasteiger partial charge in [-0.15, -0.1) is 0 Å². The zero-order valence-corrected chi connectivity index (χ0v) is 18.8. The highest BCUT2D eigenvalue weighted by Gasteiger charge is 2.27. The first-order valence-corrected chi connectivity index (χ1v) is 11.0. The summed E-state index contributed by atoms with van der Waals surface area (Å²) >= 11 is 0. The lowest BCUT2D eigenvalue weighted by molar-refractivity contribution is -0.0887. The number of sulfonamides is 1. The largest absolute Gasteiger partial charge is 0.495 e. The van der Waals surface area contributed by atoms with E-state index in [1.54, 1.807) is 7.05 Å². The first kappa shape index (κ1) is 23.4. The van der Waals surface area contributed by atoms with Gasteiger partial charge < -0.3 is 14.8 Å². The van der Waals surface area contributed by atoms with E-state index in [2.05, 4.69) is 19.9 Å². The Hall–Kier alpha value is -3.24. The van der Waals surface area contributed by atoms with Gasteiger partial charge in [0.2, 0.25) is 0 Å². The number of rotatable bonds is 8. The molecule has 0 radical (unpaired) electrons. The minimum atomic E-state index is -4.26. The van der Waals surface area contributed by atoms with Crippen LogP contribution in [0, 0.1) is 0 Å². The molecule has 0 fully saturated rings. The number of hydrogen-bond acceptors (Lipinski definition) is 6. The molecular weight excluding hydrogens is 465 g/mol. The van der Waals surface area contributed by atoms with Crippen LogP contribution >= 0.6 is 9.24 Å². The zero-order valence-electron chi connectivity index (χ0n) is 16.9. The van der Waals surface area contributed by atoms with Crippen LogP contribution in [0.3, 0.4) is 0 Å². The monoisotopic (exact) mass is 484 g/mol. The van der Waals surface area contributed by atoms with Gasteiger partial charge in [0, 0.05) is 25.0 Å². The number of benzene rings is 2. The first-order valence-electron chi connectivity index (χ1n) is 8.95. The molecular formula is C19H19F2N4O5PS. The van der Waals surface area contributed by atoms with Gasteiger partial charge in [0.05, 0.1) is 12.8 Å². The van der Waals surface area contributed by atoms with E-state index in [9.17, 15) is 22.0 Å². The molecule has 170 valence electrons. The Morgan fingerprint density at radius 3 is 2.50 bits per heavy atom. The lowest BCUT2D eigenvalue weighted by atomic mass is 10.3. The number of anilines is 2. The van der Waals surface area contributed by atoms with Crippen molar-refractivity contribution in [3.8, 4) is 11.5 Å². The number of carbonyl (C=O) groups excluding carboxylic acids is 1. The molecule has 0 aliphatic carbocycles. The normalized spacial score (nSPS) is 11.7. The molecule has 3 rings (SSSR count). The molecule has 1 heterocycles. The van der Waals surface area contributed by atoms with Gasteiger partial charge in [-0.05, 0) is 39.6 Å². The van der Waals surface area contributed by atoms with E-state index >= 15 is 0 Å².